The number of rotatable bonds is 2. The Balaban J connectivity index is 1.71. The highest BCUT2D eigenvalue weighted by Gasteiger charge is 2.34. The van der Waals surface area contributed by atoms with E-state index < -0.39 is 0 Å². The van der Waals surface area contributed by atoms with Crippen LogP contribution in [0.15, 0.2) is 12.3 Å². The SMILES string of the molecule is CN1CCC(C(=O)N2CCOC[C@@H]2c2ccn[nH]2)CC1. The molecule has 6 nitrogen and oxygen atoms in total. The number of piperidine rings is 1. The Labute approximate surface area is 119 Å². The van der Waals surface area contributed by atoms with Crippen LogP contribution in [0, 0.1) is 5.92 Å². The zero-order valence-electron chi connectivity index (χ0n) is 11.9. The van der Waals surface area contributed by atoms with E-state index in [9.17, 15) is 4.79 Å². The van der Waals surface area contributed by atoms with Crippen LogP contribution in [0.4, 0.5) is 0 Å². The molecule has 3 heterocycles. The van der Waals surface area contributed by atoms with Crippen LogP contribution in [0.1, 0.15) is 24.6 Å². The molecule has 1 aromatic rings. The number of likely N-dealkylation sites (tertiary alicyclic amines) is 1. The van der Waals surface area contributed by atoms with Crippen LogP contribution in [-0.4, -0.2) is 65.8 Å². The monoisotopic (exact) mass is 278 g/mol. The molecule has 2 saturated heterocycles. The molecule has 2 aliphatic heterocycles. The van der Waals surface area contributed by atoms with Crippen LogP contribution in [0.2, 0.25) is 0 Å². The summed E-state index contributed by atoms with van der Waals surface area (Å²) < 4.78 is 5.54. The lowest BCUT2D eigenvalue weighted by molar-refractivity contribution is -0.146. The molecular weight excluding hydrogens is 256 g/mol. The van der Waals surface area contributed by atoms with E-state index >= 15 is 0 Å². The molecule has 110 valence electrons. The molecule has 0 saturated carbocycles. The Morgan fingerprint density at radius 2 is 2.20 bits per heavy atom. The van der Waals surface area contributed by atoms with Gasteiger partial charge in [-0.3, -0.25) is 9.89 Å². The highest BCUT2D eigenvalue weighted by Crippen LogP contribution is 2.27. The van der Waals surface area contributed by atoms with Crippen molar-refractivity contribution in [1.82, 2.24) is 20.0 Å². The fraction of sp³-hybridized carbons (Fsp3) is 0.714. The number of amides is 1. The van der Waals surface area contributed by atoms with Crippen molar-refractivity contribution in [1.29, 1.82) is 0 Å². The molecule has 1 N–H and O–H groups in total. The van der Waals surface area contributed by atoms with Crippen molar-refractivity contribution in [3.05, 3.63) is 18.0 Å². The lowest BCUT2D eigenvalue weighted by atomic mass is 9.94. The minimum atomic E-state index is -0.0154. The molecule has 2 aliphatic rings. The van der Waals surface area contributed by atoms with E-state index in [1.54, 1.807) is 6.20 Å². The molecule has 0 aliphatic carbocycles. The van der Waals surface area contributed by atoms with Gasteiger partial charge in [0.2, 0.25) is 5.91 Å². The number of carbonyl (C=O) groups excluding carboxylic acids is 1. The van der Waals surface area contributed by atoms with Gasteiger partial charge in [0.05, 0.1) is 24.9 Å². The molecule has 0 bridgehead atoms. The van der Waals surface area contributed by atoms with Gasteiger partial charge in [-0.25, -0.2) is 0 Å². The highest BCUT2D eigenvalue weighted by molar-refractivity contribution is 5.79. The first kappa shape index (κ1) is 13.6. The summed E-state index contributed by atoms with van der Waals surface area (Å²) in [5.41, 5.74) is 0.964. The number of aromatic nitrogens is 2. The molecule has 0 spiro atoms. The largest absolute Gasteiger partial charge is 0.377 e. The van der Waals surface area contributed by atoms with Crippen LogP contribution in [0.3, 0.4) is 0 Å². The third-order valence-electron chi connectivity index (χ3n) is 4.36. The number of hydrogen-bond donors (Lipinski definition) is 1. The Kier molecular flexibility index (Phi) is 4.03. The van der Waals surface area contributed by atoms with Crippen molar-refractivity contribution < 1.29 is 9.53 Å². The summed E-state index contributed by atoms with van der Waals surface area (Å²) in [4.78, 5) is 17.0. The molecule has 1 atom stereocenters. The molecule has 2 fully saturated rings. The van der Waals surface area contributed by atoms with Gasteiger partial charge in [0.15, 0.2) is 0 Å². The Bertz CT molecular complexity index is 440. The van der Waals surface area contributed by atoms with Crippen molar-refractivity contribution >= 4 is 5.91 Å². The topological polar surface area (TPSA) is 61.5 Å². The summed E-state index contributed by atoms with van der Waals surface area (Å²) in [5.74, 6) is 0.440. The van der Waals surface area contributed by atoms with E-state index in [1.807, 2.05) is 11.0 Å². The lowest BCUT2D eigenvalue weighted by Gasteiger charge is -2.38. The van der Waals surface area contributed by atoms with Gasteiger partial charge in [-0.05, 0) is 39.0 Å². The van der Waals surface area contributed by atoms with E-state index in [0.717, 1.165) is 31.6 Å². The second-order valence-electron chi connectivity index (χ2n) is 5.71. The first-order valence-electron chi connectivity index (χ1n) is 7.32. The van der Waals surface area contributed by atoms with E-state index in [1.165, 1.54) is 0 Å². The number of hydrogen-bond acceptors (Lipinski definition) is 4. The molecule has 0 radical (unpaired) electrons. The van der Waals surface area contributed by atoms with E-state index in [2.05, 4.69) is 22.1 Å². The summed E-state index contributed by atoms with van der Waals surface area (Å²) in [6, 6.07) is 1.91. The number of nitrogens with one attached hydrogen (secondary N) is 1. The molecular formula is C14H22N4O2. The second-order valence-corrected chi connectivity index (χ2v) is 5.71. The summed E-state index contributed by atoms with van der Waals surface area (Å²) in [5, 5.41) is 6.96. The molecule has 20 heavy (non-hydrogen) atoms. The maximum absolute atomic E-state index is 12.8. The van der Waals surface area contributed by atoms with E-state index in [-0.39, 0.29) is 17.9 Å². The van der Waals surface area contributed by atoms with Crippen molar-refractivity contribution in [2.45, 2.75) is 18.9 Å². The lowest BCUT2D eigenvalue weighted by Crippen LogP contribution is -2.48. The van der Waals surface area contributed by atoms with Gasteiger partial charge in [0.25, 0.3) is 0 Å². The Morgan fingerprint density at radius 1 is 1.40 bits per heavy atom. The van der Waals surface area contributed by atoms with Crippen LogP contribution < -0.4 is 0 Å². The van der Waals surface area contributed by atoms with Crippen molar-refractivity contribution in [2.24, 2.45) is 5.92 Å². The van der Waals surface area contributed by atoms with Crippen LogP contribution in [-0.2, 0) is 9.53 Å². The fourth-order valence-corrected chi connectivity index (χ4v) is 3.07. The number of nitrogens with zero attached hydrogens (tertiary/aromatic N) is 3. The van der Waals surface area contributed by atoms with Crippen molar-refractivity contribution in [2.75, 3.05) is 39.9 Å². The molecule has 0 aromatic carbocycles. The maximum atomic E-state index is 12.8. The van der Waals surface area contributed by atoms with E-state index in [0.29, 0.717) is 19.8 Å². The van der Waals surface area contributed by atoms with E-state index in [4.69, 9.17) is 4.74 Å². The third-order valence-corrected chi connectivity index (χ3v) is 4.36. The number of ether oxygens (including phenoxy) is 1. The van der Waals surface area contributed by atoms with Gasteiger partial charge in [0, 0.05) is 18.7 Å². The Hall–Kier alpha value is -1.40. The van der Waals surface area contributed by atoms with Gasteiger partial charge in [-0.15, -0.1) is 0 Å². The summed E-state index contributed by atoms with van der Waals surface area (Å²) in [6.07, 6.45) is 3.65. The van der Waals surface area contributed by atoms with Crippen LogP contribution in [0.25, 0.3) is 0 Å². The smallest absolute Gasteiger partial charge is 0.226 e. The van der Waals surface area contributed by atoms with Gasteiger partial charge < -0.3 is 14.5 Å². The highest BCUT2D eigenvalue weighted by atomic mass is 16.5. The first-order chi connectivity index (χ1) is 9.75. The Morgan fingerprint density at radius 3 is 2.90 bits per heavy atom. The molecule has 0 unspecified atom stereocenters. The normalized spacial score (nSPS) is 25.9. The second kappa shape index (κ2) is 5.93. The van der Waals surface area contributed by atoms with Gasteiger partial charge in [-0.1, -0.05) is 0 Å². The van der Waals surface area contributed by atoms with Crippen LogP contribution in [0.5, 0.6) is 0 Å². The zero-order chi connectivity index (χ0) is 13.9. The number of H-pyrrole nitrogens is 1. The average molecular weight is 278 g/mol. The van der Waals surface area contributed by atoms with Gasteiger partial charge in [0.1, 0.15) is 0 Å². The number of carbonyl (C=O) groups is 1. The number of aromatic amines is 1. The standard InChI is InChI=1S/C14H22N4O2/c1-17-6-3-11(4-7-17)14(19)18-8-9-20-10-13(18)12-2-5-15-16-12/h2,5,11,13H,3-4,6-10H2,1H3,(H,15,16)/t13-/m1/s1. The third kappa shape index (κ3) is 2.71. The fourth-order valence-electron chi connectivity index (χ4n) is 3.07. The summed E-state index contributed by atoms with van der Waals surface area (Å²) >= 11 is 0. The first-order valence-corrected chi connectivity index (χ1v) is 7.32. The predicted octanol–water partition coefficient (Wildman–Crippen LogP) is 0.651. The minimum Gasteiger partial charge on any atom is -0.377 e. The maximum Gasteiger partial charge on any atom is 0.226 e. The molecule has 1 amide bonds. The zero-order valence-corrected chi connectivity index (χ0v) is 11.9. The van der Waals surface area contributed by atoms with Gasteiger partial charge >= 0.3 is 0 Å². The van der Waals surface area contributed by atoms with Crippen molar-refractivity contribution in [3.8, 4) is 0 Å². The summed E-state index contributed by atoms with van der Waals surface area (Å²) in [6.45, 7) is 3.88. The molecule has 3 rings (SSSR count). The molecule has 1 aromatic heterocycles. The number of morpholine rings is 1. The van der Waals surface area contributed by atoms with Crippen molar-refractivity contribution in [3.63, 3.8) is 0 Å². The summed E-state index contributed by atoms with van der Waals surface area (Å²) in [7, 11) is 2.11. The van der Waals surface area contributed by atoms with Gasteiger partial charge in [-0.2, -0.15) is 5.10 Å². The average Bonchev–Trinajstić information content (AvgIpc) is 3.01. The predicted molar refractivity (Wildman–Crippen MR) is 74.1 cm³/mol. The quantitative estimate of drug-likeness (QED) is 0.863. The van der Waals surface area contributed by atoms with Crippen LogP contribution >= 0.6 is 0 Å². The molecule has 6 heteroatoms. The minimum absolute atomic E-state index is 0.0154.